The van der Waals surface area contributed by atoms with Crippen LogP contribution in [-0.4, -0.2) is 25.8 Å². The second kappa shape index (κ2) is 5.53. The Bertz CT molecular complexity index is 573. The van der Waals surface area contributed by atoms with E-state index in [9.17, 15) is 8.42 Å². The fourth-order valence-corrected chi connectivity index (χ4v) is 5.70. The lowest BCUT2D eigenvalue weighted by molar-refractivity contribution is 0.463. The number of rotatable bonds is 2. The van der Waals surface area contributed by atoms with Crippen LogP contribution in [0.2, 0.25) is 10.0 Å². The van der Waals surface area contributed by atoms with Crippen molar-refractivity contribution in [3.63, 3.8) is 0 Å². The number of halogens is 3. The summed E-state index contributed by atoms with van der Waals surface area (Å²) in [5.41, 5.74) is 0. The molecule has 1 saturated heterocycles. The van der Waals surface area contributed by atoms with Crippen molar-refractivity contribution in [3.05, 3.63) is 26.7 Å². The van der Waals surface area contributed by atoms with E-state index in [0.29, 0.717) is 29.4 Å². The molecule has 0 amide bonds. The molecular formula is C12H14BrCl2NO2S. The van der Waals surface area contributed by atoms with Gasteiger partial charge in [-0.1, -0.05) is 53.0 Å². The van der Waals surface area contributed by atoms with Gasteiger partial charge in [-0.05, 0) is 24.0 Å². The zero-order valence-electron chi connectivity index (χ0n) is 10.5. The number of benzene rings is 1. The first-order valence-corrected chi connectivity index (χ1v) is 8.87. The van der Waals surface area contributed by atoms with Crippen LogP contribution in [-0.2, 0) is 10.0 Å². The molecule has 3 nitrogen and oxygen atoms in total. The Kier molecular flexibility index (Phi) is 4.53. The Hall–Kier alpha value is 0.190. The predicted molar refractivity (Wildman–Crippen MR) is 81.2 cm³/mol. The van der Waals surface area contributed by atoms with Gasteiger partial charge in [-0.25, -0.2) is 8.42 Å². The minimum atomic E-state index is -3.63. The van der Waals surface area contributed by atoms with Crippen molar-refractivity contribution in [1.82, 2.24) is 4.31 Å². The molecule has 0 bridgehead atoms. The van der Waals surface area contributed by atoms with Crippen molar-refractivity contribution in [2.75, 3.05) is 13.1 Å². The summed E-state index contributed by atoms with van der Waals surface area (Å²) in [5, 5.41) is 0.290. The number of hydrogen-bond acceptors (Lipinski definition) is 2. The Morgan fingerprint density at radius 3 is 2.00 bits per heavy atom. The number of hydrogen-bond donors (Lipinski definition) is 0. The van der Waals surface area contributed by atoms with Gasteiger partial charge in [0.25, 0.3) is 0 Å². The zero-order valence-corrected chi connectivity index (χ0v) is 14.4. The summed E-state index contributed by atoms with van der Waals surface area (Å²) in [6, 6.07) is 3.09. The van der Waals surface area contributed by atoms with E-state index in [0.717, 1.165) is 0 Å². The molecule has 2 atom stereocenters. The molecule has 2 rings (SSSR count). The van der Waals surface area contributed by atoms with Gasteiger partial charge in [-0.3, -0.25) is 0 Å². The average Bonchev–Trinajstić information content (AvgIpc) is 2.57. The second-order valence-corrected chi connectivity index (χ2v) is 8.58. The minimum Gasteiger partial charge on any atom is -0.207 e. The normalized spacial score (nSPS) is 24.9. The molecule has 1 fully saturated rings. The standard InChI is InChI=1S/C12H14BrCl2NO2S/c1-7-5-16(6-8(7)2)19(17,18)12-10(14)3-9(13)4-11(12)15/h3-4,7-8H,5-6H2,1-2H3. The van der Waals surface area contributed by atoms with Crippen molar-refractivity contribution < 1.29 is 8.42 Å². The molecule has 1 aliphatic heterocycles. The van der Waals surface area contributed by atoms with Gasteiger partial charge < -0.3 is 0 Å². The molecule has 0 spiro atoms. The Balaban J connectivity index is 2.47. The summed E-state index contributed by atoms with van der Waals surface area (Å²) in [5.74, 6) is 0.672. The molecule has 1 aromatic rings. The van der Waals surface area contributed by atoms with E-state index in [2.05, 4.69) is 15.9 Å². The van der Waals surface area contributed by atoms with Crippen LogP contribution < -0.4 is 0 Å². The van der Waals surface area contributed by atoms with Gasteiger partial charge in [0, 0.05) is 17.6 Å². The summed E-state index contributed by atoms with van der Waals surface area (Å²) in [6.07, 6.45) is 0. The maximum atomic E-state index is 12.6. The van der Waals surface area contributed by atoms with Gasteiger partial charge >= 0.3 is 0 Å². The quantitative estimate of drug-likeness (QED) is 0.769. The average molecular weight is 387 g/mol. The largest absolute Gasteiger partial charge is 0.246 e. The molecule has 0 aliphatic carbocycles. The lowest BCUT2D eigenvalue weighted by Gasteiger charge is -2.18. The summed E-state index contributed by atoms with van der Waals surface area (Å²) in [7, 11) is -3.63. The first-order valence-electron chi connectivity index (χ1n) is 5.88. The Morgan fingerprint density at radius 2 is 1.58 bits per heavy atom. The molecule has 1 aromatic carbocycles. The van der Waals surface area contributed by atoms with Crippen LogP contribution in [0, 0.1) is 11.8 Å². The fourth-order valence-electron chi connectivity index (χ4n) is 2.18. The van der Waals surface area contributed by atoms with E-state index in [4.69, 9.17) is 23.2 Å². The van der Waals surface area contributed by atoms with Gasteiger partial charge in [0.1, 0.15) is 4.90 Å². The van der Waals surface area contributed by atoms with Crippen molar-refractivity contribution in [2.24, 2.45) is 11.8 Å². The molecule has 2 unspecified atom stereocenters. The van der Waals surface area contributed by atoms with E-state index >= 15 is 0 Å². The molecular weight excluding hydrogens is 373 g/mol. The third kappa shape index (κ3) is 2.95. The first kappa shape index (κ1) is 15.6. The van der Waals surface area contributed by atoms with Crippen molar-refractivity contribution in [2.45, 2.75) is 18.7 Å². The van der Waals surface area contributed by atoms with E-state index in [1.54, 1.807) is 12.1 Å². The molecule has 0 radical (unpaired) electrons. The van der Waals surface area contributed by atoms with Gasteiger partial charge in [0.2, 0.25) is 10.0 Å². The maximum absolute atomic E-state index is 12.6. The summed E-state index contributed by atoms with van der Waals surface area (Å²) < 4.78 is 27.4. The van der Waals surface area contributed by atoms with E-state index < -0.39 is 10.0 Å². The monoisotopic (exact) mass is 385 g/mol. The second-order valence-electron chi connectivity index (χ2n) is 4.98. The SMILES string of the molecule is CC1CN(S(=O)(=O)c2c(Cl)cc(Br)cc2Cl)CC1C. The van der Waals surface area contributed by atoms with Crippen LogP contribution >= 0.6 is 39.1 Å². The molecule has 1 aliphatic rings. The first-order chi connectivity index (χ1) is 8.73. The fraction of sp³-hybridized carbons (Fsp3) is 0.500. The molecule has 7 heteroatoms. The summed E-state index contributed by atoms with van der Waals surface area (Å²) >= 11 is 15.3. The predicted octanol–water partition coefficient (Wildman–Crippen LogP) is 4.03. The molecule has 0 saturated carbocycles. The third-order valence-corrected chi connectivity index (χ3v) is 6.73. The highest BCUT2D eigenvalue weighted by molar-refractivity contribution is 9.10. The summed E-state index contributed by atoms with van der Waals surface area (Å²) in [4.78, 5) is 0.000309. The third-order valence-electron chi connectivity index (χ3n) is 3.52. The zero-order chi connectivity index (χ0) is 14.4. The Labute approximate surface area is 132 Å². The summed E-state index contributed by atoms with van der Waals surface area (Å²) in [6.45, 7) is 5.11. The Morgan fingerprint density at radius 1 is 1.16 bits per heavy atom. The van der Waals surface area contributed by atoms with Crippen molar-refractivity contribution in [3.8, 4) is 0 Å². The van der Waals surface area contributed by atoms with Crippen LogP contribution in [0.3, 0.4) is 0 Å². The van der Waals surface area contributed by atoms with Crippen LogP contribution in [0.4, 0.5) is 0 Å². The minimum absolute atomic E-state index is 0.000309. The number of sulfonamides is 1. The highest BCUT2D eigenvalue weighted by atomic mass is 79.9. The van der Waals surface area contributed by atoms with E-state index in [1.165, 1.54) is 4.31 Å². The lowest BCUT2D eigenvalue weighted by Crippen LogP contribution is -2.29. The molecule has 106 valence electrons. The van der Waals surface area contributed by atoms with Crippen molar-refractivity contribution >= 4 is 49.2 Å². The molecule has 1 heterocycles. The molecule has 0 N–H and O–H groups in total. The topological polar surface area (TPSA) is 37.4 Å². The van der Waals surface area contributed by atoms with Gasteiger partial charge in [0.05, 0.1) is 10.0 Å². The van der Waals surface area contributed by atoms with E-state index in [-0.39, 0.29) is 14.9 Å². The molecule has 19 heavy (non-hydrogen) atoms. The van der Waals surface area contributed by atoms with Crippen LogP contribution in [0.15, 0.2) is 21.5 Å². The van der Waals surface area contributed by atoms with Gasteiger partial charge in [-0.15, -0.1) is 0 Å². The number of nitrogens with zero attached hydrogens (tertiary/aromatic N) is 1. The molecule has 0 aromatic heterocycles. The highest BCUT2D eigenvalue weighted by Gasteiger charge is 2.37. The van der Waals surface area contributed by atoms with Crippen LogP contribution in [0.25, 0.3) is 0 Å². The van der Waals surface area contributed by atoms with Gasteiger partial charge in [0.15, 0.2) is 0 Å². The van der Waals surface area contributed by atoms with Crippen LogP contribution in [0.1, 0.15) is 13.8 Å². The smallest absolute Gasteiger partial charge is 0.207 e. The lowest BCUT2D eigenvalue weighted by atomic mass is 10.0. The maximum Gasteiger partial charge on any atom is 0.246 e. The van der Waals surface area contributed by atoms with Crippen molar-refractivity contribution in [1.29, 1.82) is 0 Å². The highest BCUT2D eigenvalue weighted by Crippen LogP contribution is 2.37. The van der Waals surface area contributed by atoms with Gasteiger partial charge in [-0.2, -0.15) is 4.31 Å². The van der Waals surface area contributed by atoms with Crippen LogP contribution in [0.5, 0.6) is 0 Å². The van der Waals surface area contributed by atoms with E-state index in [1.807, 2.05) is 13.8 Å².